The first kappa shape index (κ1) is 14.9. The zero-order valence-corrected chi connectivity index (χ0v) is 11.5. The number of hydrogen-bond donors (Lipinski definition) is 1. The quantitative estimate of drug-likeness (QED) is 0.869. The van der Waals surface area contributed by atoms with Gasteiger partial charge in [-0.3, -0.25) is 0 Å². The molecule has 0 aromatic heterocycles. The molecule has 2 aromatic rings. The number of hydrogen-bond acceptors (Lipinski definition) is 1. The Morgan fingerprint density at radius 3 is 2.35 bits per heavy atom. The van der Waals surface area contributed by atoms with Gasteiger partial charge in [0.15, 0.2) is 11.6 Å². The number of rotatable bonds is 4. The molecule has 1 N–H and O–H groups in total. The highest BCUT2D eigenvalue weighted by Gasteiger charge is 2.09. The number of halogens is 4. The summed E-state index contributed by atoms with van der Waals surface area (Å²) in [5, 5.41) is 3.20. The van der Waals surface area contributed by atoms with Crippen molar-refractivity contribution in [1.29, 1.82) is 0 Å². The van der Waals surface area contributed by atoms with Crippen LogP contribution in [0.25, 0.3) is 0 Å². The summed E-state index contributed by atoms with van der Waals surface area (Å²) in [4.78, 5) is 0. The lowest BCUT2D eigenvalue weighted by Crippen LogP contribution is -2.18. The highest BCUT2D eigenvalue weighted by molar-refractivity contribution is 6.30. The van der Waals surface area contributed by atoms with Gasteiger partial charge in [0.05, 0.1) is 5.02 Å². The van der Waals surface area contributed by atoms with Crippen LogP contribution in [-0.4, -0.2) is 0 Å². The lowest BCUT2D eigenvalue weighted by molar-refractivity contribution is 0.504. The maximum Gasteiger partial charge on any atom is 0.159 e. The minimum absolute atomic E-state index is 0.0592. The van der Waals surface area contributed by atoms with Crippen LogP contribution in [0.5, 0.6) is 0 Å². The molecule has 0 aliphatic carbocycles. The molecule has 20 heavy (non-hydrogen) atoms. The number of nitrogens with one attached hydrogen (secondary N) is 1. The maximum absolute atomic E-state index is 13.1. The summed E-state index contributed by atoms with van der Waals surface area (Å²) in [5.41, 5.74) is 1.45. The third-order valence-electron chi connectivity index (χ3n) is 3.04. The first-order valence-corrected chi connectivity index (χ1v) is 6.47. The van der Waals surface area contributed by atoms with Gasteiger partial charge in [-0.25, -0.2) is 13.2 Å². The Hall–Kier alpha value is -1.52. The summed E-state index contributed by atoms with van der Waals surface area (Å²) in [6.45, 7) is 2.25. The van der Waals surface area contributed by atoms with Crippen LogP contribution in [0.15, 0.2) is 36.4 Å². The van der Waals surface area contributed by atoms with Crippen LogP contribution in [0, 0.1) is 17.5 Å². The second-order valence-electron chi connectivity index (χ2n) is 4.52. The van der Waals surface area contributed by atoms with E-state index >= 15 is 0 Å². The molecule has 0 aliphatic rings. The van der Waals surface area contributed by atoms with Crippen molar-refractivity contribution < 1.29 is 13.2 Å². The Bertz CT molecular complexity index is 616. The first-order chi connectivity index (χ1) is 9.47. The minimum Gasteiger partial charge on any atom is -0.306 e. The van der Waals surface area contributed by atoms with Crippen molar-refractivity contribution in [3.63, 3.8) is 0 Å². The fourth-order valence-electron chi connectivity index (χ4n) is 1.82. The first-order valence-electron chi connectivity index (χ1n) is 6.09. The van der Waals surface area contributed by atoms with Crippen LogP contribution in [-0.2, 0) is 6.54 Å². The van der Waals surface area contributed by atoms with Gasteiger partial charge in [-0.2, -0.15) is 0 Å². The zero-order valence-electron chi connectivity index (χ0n) is 10.8. The third kappa shape index (κ3) is 3.52. The smallest absolute Gasteiger partial charge is 0.159 e. The predicted molar refractivity (Wildman–Crippen MR) is 73.0 cm³/mol. The standard InChI is InChI=1S/C15H13ClF3N/c1-9(11-3-5-13(17)12(16)7-11)20-8-10-2-4-14(18)15(19)6-10/h2-7,9,20H,8H2,1H3. The van der Waals surface area contributed by atoms with Gasteiger partial charge in [-0.15, -0.1) is 0 Å². The monoisotopic (exact) mass is 299 g/mol. The molecule has 0 saturated carbocycles. The highest BCUT2D eigenvalue weighted by atomic mass is 35.5. The molecular formula is C15H13ClF3N. The highest BCUT2D eigenvalue weighted by Crippen LogP contribution is 2.21. The van der Waals surface area contributed by atoms with Crippen molar-refractivity contribution in [1.82, 2.24) is 5.32 Å². The largest absolute Gasteiger partial charge is 0.306 e. The molecule has 1 atom stereocenters. The van der Waals surface area contributed by atoms with Crippen molar-refractivity contribution in [2.24, 2.45) is 0 Å². The topological polar surface area (TPSA) is 12.0 Å². The van der Waals surface area contributed by atoms with Gasteiger partial charge in [0.2, 0.25) is 0 Å². The van der Waals surface area contributed by atoms with Crippen LogP contribution >= 0.6 is 11.6 Å². The van der Waals surface area contributed by atoms with Gasteiger partial charge in [0.25, 0.3) is 0 Å². The van der Waals surface area contributed by atoms with E-state index in [1.54, 1.807) is 12.1 Å². The van der Waals surface area contributed by atoms with Gasteiger partial charge in [-0.1, -0.05) is 23.7 Å². The predicted octanol–water partition coefficient (Wildman–Crippen LogP) is 4.61. The van der Waals surface area contributed by atoms with Gasteiger partial charge in [0.1, 0.15) is 5.82 Å². The summed E-state index contributed by atoms with van der Waals surface area (Å²) in [5.74, 6) is -2.21. The molecule has 5 heteroatoms. The van der Waals surface area contributed by atoms with Crippen LogP contribution in [0.3, 0.4) is 0 Å². The van der Waals surface area contributed by atoms with E-state index in [0.717, 1.165) is 17.7 Å². The van der Waals surface area contributed by atoms with Crippen molar-refractivity contribution in [2.75, 3.05) is 0 Å². The summed E-state index contributed by atoms with van der Waals surface area (Å²) in [6, 6.07) is 8.12. The van der Waals surface area contributed by atoms with Crippen LogP contribution in [0.1, 0.15) is 24.1 Å². The van der Waals surface area contributed by atoms with Crippen molar-refractivity contribution >= 4 is 11.6 Å². The Morgan fingerprint density at radius 1 is 1.00 bits per heavy atom. The Morgan fingerprint density at radius 2 is 1.70 bits per heavy atom. The summed E-state index contributed by atoms with van der Waals surface area (Å²) < 4.78 is 38.9. The molecule has 0 aliphatic heterocycles. The molecule has 0 fully saturated rings. The lowest BCUT2D eigenvalue weighted by Gasteiger charge is -2.15. The van der Waals surface area contributed by atoms with E-state index in [1.807, 2.05) is 6.92 Å². The Labute approximate surface area is 120 Å². The fraction of sp³-hybridized carbons (Fsp3) is 0.200. The van der Waals surface area contributed by atoms with Crippen LogP contribution in [0.2, 0.25) is 5.02 Å². The summed E-state index contributed by atoms with van der Waals surface area (Å²) in [6.07, 6.45) is 0. The molecule has 1 nitrogen and oxygen atoms in total. The van der Waals surface area contributed by atoms with E-state index in [4.69, 9.17) is 11.6 Å². The van der Waals surface area contributed by atoms with E-state index in [1.165, 1.54) is 12.1 Å². The van der Waals surface area contributed by atoms with Crippen LogP contribution < -0.4 is 5.32 Å². The van der Waals surface area contributed by atoms with Crippen molar-refractivity contribution in [3.8, 4) is 0 Å². The van der Waals surface area contributed by atoms with Crippen molar-refractivity contribution in [3.05, 3.63) is 70.0 Å². The molecule has 0 spiro atoms. The molecule has 0 radical (unpaired) electrons. The molecule has 2 aromatic carbocycles. The fourth-order valence-corrected chi connectivity index (χ4v) is 2.01. The van der Waals surface area contributed by atoms with Gasteiger partial charge in [0, 0.05) is 12.6 Å². The molecule has 0 bridgehead atoms. The number of benzene rings is 2. The molecule has 0 saturated heterocycles. The van der Waals surface area contributed by atoms with E-state index < -0.39 is 17.5 Å². The zero-order chi connectivity index (χ0) is 14.7. The second kappa shape index (κ2) is 6.29. The van der Waals surface area contributed by atoms with E-state index in [0.29, 0.717) is 12.1 Å². The maximum atomic E-state index is 13.1. The summed E-state index contributed by atoms with van der Waals surface area (Å²) >= 11 is 5.72. The summed E-state index contributed by atoms with van der Waals surface area (Å²) in [7, 11) is 0. The molecule has 1 unspecified atom stereocenters. The minimum atomic E-state index is -0.873. The van der Waals surface area contributed by atoms with E-state index in [-0.39, 0.29) is 11.1 Å². The van der Waals surface area contributed by atoms with Gasteiger partial charge in [-0.05, 0) is 42.3 Å². The average Bonchev–Trinajstić information content (AvgIpc) is 2.43. The van der Waals surface area contributed by atoms with Crippen LogP contribution in [0.4, 0.5) is 13.2 Å². The lowest BCUT2D eigenvalue weighted by atomic mass is 10.1. The Kier molecular flexibility index (Phi) is 4.68. The normalized spacial score (nSPS) is 12.4. The van der Waals surface area contributed by atoms with E-state index in [9.17, 15) is 13.2 Å². The third-order valence-corrected chi connectivity index (χ3v) is 3.33. The van der Waals surface area contributed by atoms with Crippen molar-refractivity contribution in [2.45, 2.75) is 19.5 Å². The van der Waals surface area contributed by atoms with E-state index in [2.05, 4.69) is 5.32 Å². The average molecular weight is 300 g/mol. The second-order valence-corrected chi connectivity index (χ2v) is 4.93. The molecule has 2 rings (SSSR count). The Balaban J connectivity index is 2.02. The molecule has 106 valence electrons. The molecular weight excluding hydrogens is 287 g/mol. The van der Waals surface area contributed by atoms with Gasteiger partial charge < -0.3 is 5.32 Å². The molecule has 0 amide bonds. The SMILES string of the molecule is CC(NCc1ccc(F)c(F)c1)c1ccc(F)c(Cl)c1. The van der Waals surface area contributed by atoms with Gasteiger partial charge >= 0.3 is 0 Å². The molecule has 0 heterocycles.